The first-order chi connectivity index (χ1) is 12.7. The third-order valence-corrected chi connectivity index (χ3v) is 6.55. The fraction of sp³-hybridized carbons (Fsp3) is 0.278. The summed E-state index contributed by atoms with van der Waals surface area (Å²) in [6.07, 6.45) is 4.34. The predicted octanol–water partition coefficient (Wildman–Crippen LogP) is 5.03. The van der Waals surface area contributed by atoms with Gasteiger partial charge < -0.3 is 10.2 Å². The van der Waals surface area contributed by atoms with Gasteiger partial charge in [-0.3, -0.25) is 4.79 Å². The number of halogens is 1. The van der Waals surface area contributed by atoms with E-state index >= 15 is 0 Å². The number of fused-ring (bicyclic) bond motifs is 1. The summed E-state index contributed by atoms with van der Waals surface area (Å²) in [5.74, 6) is 0.825. The zero-order valence-electron chi connectivity index (χ0n) is 14.2. The lowest BCUT2D eigenvalue weighted by Gasteiger charge is -2.17. The van der Waals surface area contributed by atoms with E-state index in [1.165, 1.54) is 35.9 Å². The van der Waals surface area contributed by atoms with E-state index < -0.39 is 0 Å². The van der Waals surface area contributed by atoms with Crippen molar-refractivity contribution in [2.75, 3.05) is 29.6 Å². The van der Waals surface area contributed by atoms with E-state index in [2.05, 4.69) is 31.1 Å². The predicted molar refractivity (Wildman–Crippen MR) is 113 cm³/mol. The average molecular weight is 449 g/mol. The standard InChI is InChI=1S/C18H17BrN4OS2/c1-25-18-21-15(23-8-4-5-9-23)11-10-14(26-17(11)22-18)16(24)20-13-7-3-2-6-12(13)19/h2-3,6-7,10H,4-5,8-9H2,1H3,(H,20,24). The Bertz CT molecular complexity index is 969. The summed E-state index contributed by atoms with van der Waals surface area (Å²) in [4.78, 5) is 25.9. The van der Waals surface area contributed by atoms with Crippen LogP contribution >= 0.6 is 39.0 Å². The quantitative estimate of drug-likeness (QED) is 0.447. The topological polar surface area (TPSA) is 58.1 Å². The molecule has 0 aliphatic carbocycles. The van der Waals surface area contributed by atoms with Gasteiger partial charge in [-0.05, 0) is 53.2 Å². The van der Waals surface area contributed by atoms with Crippen LogP contribution in [0.15, 0.2) is 40.0 Å². The Labute approximate surface area is 168 Å². The molecule has 1 aromatic carbocycles. The maximum atomic E-state index is 12.7. The monoisotopic (exact) mass is 448 g/mol. The molecule has 2 aromatic heterocycles. The second kappa shape index (κ2) is 7.54. The summed E-state index contributed by atoms with van der Waals surface area (Å²) < 4.78 is 0.858. The normalized spacial score (nSPS) is 14.2. The Morgan fingerprint density at radius 1 is 1.27 bits per heavy atom. The summed E-state index contributed by atoms with van der Waals surface area (Å²) in [5.41, 5.74) is 0.755. The Kier molecular flexibility index (Phi) is 5.15. The molecule has 1 aliphatic heterocycles. The molecule has 3 heterocycles. The van der Waals surface area contributed by atoms with Gasteiger partial charge in [0, 0.05) is 17.6 Å². The van der Waals surface area contributed by atoms with E-state index in [-0.39, 0.29) is 5.91 Å². The SMILES string of the molecule is CSc1nc(N2CCCC2)c2cc(C(=O)Nc3ccccc3Br)sc2n1. The summed E-state index contributed by atoms with van der Waals surface area (Å²) in [5, 5.41) is 4.68. The summed E-state index contributed by atoms with van der Waals surface area (Å²) >= 11 is 6.41. The number of rotatable bonds is 4. The second-order valence-electron chi connectivity index (χ2n) is 5.99. The number of para-hydroxylation sites is 1. The molecular formula is C18H17BrN4OS2. The molecule has 3 aromatic rings. The highest BCUT2D eigenvalue weighted by atomic mass is 79.9. The molecule has 0 saturated carbocycles. The Morgan fingerprint density at radius 3 is 2.77 bits per heavy atom. The molecule has 0 bridgehead atoms. The molecule has 134 valence electrons. The molecule has 1 amide bonds. The number of thiophene rings is 1. The number of carbonyl (C=O) groups is 1. The van der Waals surface area contributed by atoms with Gasteiger partial charge in [0.05, 0.1) is 16.0 Å². The second-order valence-corrected chi connectivity index (χ2v) is 8.65. The van der Waals surface area contributed by atoms with Gasteiger partial charge in [0.2, 0.25) is 0 Å². The minimum Gasteiger partial charge on any atom is -0.356 e. The van der Waals surface area contributed by atoms with E-state index in [1.807, 2.05) is 36.6 Å². The third kappa shape index (κ3) is 3.45. The van der Waals surface area contributed by atoms with Crippen LogP contribution in [0.1, 0.15) is 22.5 Å². The number of hydrogen-bond donors (Lipinski definition) is 1. The first kappa shape index (κ1) is 17.8. The molecule has 1 fully saturated rings. The molecular weight excluding hydrogens is 432 g/mol. The minimum absolute atomic E-state index is 0.127. The number of benzene rings is 1. The van der Waals surface area contributed by atoms with Crippen molar-refractivity contribution in [3.05, 3.63) is 39.7 Å². The molecule has 0 radical (unpaired) electrons. The Morgan fingerprint density at radius 2 is 2.04 bits per heavy atom. The zero-order valence-corrected chi connectivity index (χ0v) is 17.4. The van der Waals surface area contributed by atoms with Crippen LogP contribution in [0.5, 0.6) is 0 Å². The van der Waals surface area contributed by atoms with E-state index in [0.29, 0.717) is 4.88 Å². The van der Waals surface area contributed by atoms with Crippen LogP contribution in [-0.2, 0) is 0 Å². The summed E-state index contributed by atoms with van der Waals surface area (Å²) in [6.45, 7) is 2.02. The maximum Gasteiger partial charge on any atom is 0.265 e. The molecule has 4 rings (SSSR count). The third-order valence-electron chi connectivity index (χ3n) is 4.29. The van der Waals surface area contributed by atoms with Gasteiger partial charge in [-0.25, -0.2) is 9.97 Å². The number of nitrogens with zero attached hydrogens (tertiary/aromatic N) is 3. The molecule has 0 spiro atoms. The van der Waals surface area contributed by atoms with Crippen molar-refractivity contribution in [3.8, 4) is 0 Å². The van der Waals surface area contributed by atoms with Crippen molar-refractivity contribution in [2.45, 2.75) is 18.0 Å². The molecule has 1 aliphatic rings. The van der Waals surface area contributed by atoms with Gasteiger partial charge in [-0.1, -0.05) is 23.9 Å². The number of nitrogens with one attached hydrogen (secondary N) is 1. The van der Waals surface area contributed by atoms with Crippen LogP contribution in [0.3, 0.4) is 0 Å². The first-order valence-corrected chi connectivity index (χ1v) is 11.2. The number of aromatic nitrogens is 2. The van der Waals surface area contributed by atoms with Crippen LogP contribution in [0.25, 0.3) is 10.2 Å². The Hall–Kier alpha value is -1.64. The van der Waals surface area contributed by atoms with Crippen LogP contribution < -0.4 is 10.2 Å². The van der Waals surface area contributed by atoms with Crippen molar-refractivity contribution in [1.29, 1.82) is 0 Å². The fourth-order valence-electron chi connectivity index (χ4n) is 3.01. The maximum absolute atomic E-state index is 12.7. The van der Waals surface area contributed by atoms with Gasteiger partial charge in [0.1, 0.15) is 10.6 Å². The number of thioether (sulfide) groups is 1. The lowest BCUT2D eigenvalue weighted by Crippen LogP contribution is -2.19. The molecule has 1 saturated heterocycles. The van der Waals surface area contributed by atoms with E-state index in [9.17, 15) is 4.79 Å². The van der Waals surface area contributed by atoms with Gasteiger partial charge in [-0.2, -0.15) is 0 Å². The zero-order chi connectivity index (χ0) is 18.1. The van der Waals surface area contributed by atoms with E-state index in [4.69, 9.17) is 4.98 Å². The van der Waals surface area contributed by atoms with Gasteiger partial charge in [0.25, 0.3) is 5.91 Å². The van der Waals surface area contributed by atoms with Gasteiger partial charge in [-0.15, -0.1) is 11.3 Å². The van der Waals surface area contributed by atoms with Crippen molar-refractivity contribution in [2.24, 2.45) is 0 Å². The fourth-order valence-corrected chi connectivity index (χ4v) is 4.73. The van der Waals surface area contributed by atoms with Crippen molar-refractivity contribution >= 4 is 66.7 Å². The largest absolute Gasteiger partial charge is 0.356 e. The number of carbonyl (C=O) groups excluding carboxylic acids is 1. The van der Waals surface area contributed by atoms with Crippen molar-refractivity contribution in [1.82, 2.24) is 9.97 Å². The average Bonchev–Trinajstić information content (AvgIpc) is 3.32. The lowest BCUT2D eigenvalue weighted by molar-refractivity contribution is 0.103. The smallest absolute Gasteiger partial charge is 0.265 e. The molecule has 1 N–H and O–H groups in total. The summed E-state index contributed by atoms with van der Waals surface area (Å²) in [6, 6.07) is 9.51. The van der Waals surface area contributed by atoms with E-state index in [0.717, 1.165) is 44.4 Å². The molecule has 0 atom stereocenters. The van der Waals surface area contributed by atoms with Crippen molar-refractivity contribution < 1.29 is 4.79 Å². The minimum atomic E-state index is -0.127. The number of anilines is 2. The van der Waals surface area contributed by atoms with Gasteiger partial charge in [0.15, 0.2) is 5.16 Å². The highest BCUT2D eigenvalue weighted by Crippen LogP contribution is 2.34. The first-order valence-electron chi connectivity index (χ1n) is 8.32. The number of amides is 1. The molecule has 26 heavy (non-hydrogen) atoms. The Balaban J connectivity index is 1.71. The van der Waals surface area contributed by atoms with E-state index in [1.54, 1.807) is 0 Å². The molecule has 8 heteroatoms. The summed E-state index contributed by atoms with van der Waals surface area (Å²) in [7, 11) is 0. The van der Waals surface area contributed by atoms with Crippen LogP contribution in [0.2, 0.25) is 0 Å². The van der Waals surface area contributed by atoms with Crippen LogP contribution in [0, 0.1) is 0 Å². The lowest BCUT2D eigenvalue weighted by atomic mass is 10.3. The van der Waals surface area contributed by atoms with Crippen LogP contribution in [0.4, 0.5) is 11.5 Å². The molecule has 0 unspecified atom stereocenters. The molecule has 5 nitrogen and oxygen atoms in total. The number of hydrogen-bond acceptors (Lipinski definition) is 6. The van der Waals surface area contributed by atoms with Crippen LogP contribution in [-0.4, -0.2) is 35.2 Å². The van der Waals surface area contributed by atoms with Crippen molar-refractivity contribution in [3.63, 3.8) is 0 Å². The van der Waals surface area contributed by atoms with Gasteiger partial charge >= 0.3 is 0 Å². The highest BCUT2D eigenvalue weighted by molar-refractivity contribution is 9.10. The highest BCUT2D eigenvalue weighted by Gasteiger charge is 2.21.